The van der Waals surface area contributed by atoms with Gasteiger partial charge in [0.15, 0.2) is 0 Å². The van der Waals surface area contributed by atoms with Crippen molar-refractivity contribution in [3.05, 3.63) is 65.2 Å². The predicted octanol–water partition coefficient (Wildman–Crippen LogP) is 0.207. The van der Waals surface area contributed by atoms with Gasteiger partial charge in [-0.1, -0.05) is 48.0 Å². The van der Waals surface area contributed by atoms with Gasteiger partial charge in [0.2, 0.25) is 0 Å². The molecule has 0 fully saturated rings. The third-order valence-corrected chi connectivity index (χ3v) is 3.75. The van der Waals surface area contributed by atoms with E-state index in [1.165, 1.54) is 11.6 Å². The van der Waals surface area contributed by atoms with E-state index in [0.717, 1.165) is 5.56 Å². The normalized spacial score (nSPS) is 10.0. The van der Waals surface area contributed by atoms with Gasteiger partial charge in [-0.15, -0.1) is 0 Å². The van der Waals surface area contributed by atoms with Crippen LogP contribution in [0.2, 0.25) is 0 Å². The number of hydrogen-bond acceptors (Lipinski definition) is 3. The smallest absolute Gasteiger partial charge is 0.744 e. The quantitative estimate of drug-likeness (QED) is 0.559. The van der Waals surface area contributed by atoms with Crippen LogP contribution >= 0.6 is 0 Å². The van der Waals surface area contributed by atoms with Crippen molar-refractivity contribution in [3.8, 4) is 0 Å². The second-order valence-corrected chi connectivity index (χ2v) is 5.65. The second kappa shape index (κ2) is 8.60. The van der Waals surface area contributed by atoms with Gasteiger partial charge < -0.3 is 4.55 Å². The summed E-state index contributed by atoms with van der Waals surface area (Å²) in [5.41, 5.74) is 2.67. The predicted molar refractivity (Wildman–Crippen MR) is 75.1 cm³/mol. The molecule has 2 aromatic carbocycles. The molecule has 0 heterocycles. The summed E-state index contributed by atoms with van der Waals surface area (Å²) in [4.78, 5) is -0.123. The van der Waals surface area contributed by atoms with E-state index in [-0.39, 0.29) is 34.5 Å². The summed E-state index contributed by atoms with van der Waals surface area (Å²) in [7, 11) is -4.31. The molecule has 0 atom stereocenters. The molecule has 102 valence electrons. The molecule has 2 rings (SSSR count). The van der Waals surface area contributed by atoms with E-state index >= 15 is 0 Å². The van der Waals surface area contributed by atoms with Crippen LogP contribution in [0.3, 0.4) is 0 Å². The molecule has 0 aliphatic rings. The van der Waals surface area contributed by atoms with Crippen LogP contribution in [-0.2, 0) is 10.1 Å². The largest absolute Gasteiger partial charge is 1.00 e. The van der Waals surface area contributed by atoms with Gasteiger partial charge >= 0.3 is 29.6 Å². The minimum atomic E-state index is -4.31. The number of rotatable bonds is 1. The molecule has 0 unspecified atom stereocenters. The molecule has 0 bridgehead atoms. The van der Waals surface area contributed by atoms with Crippen LogP contribution < -0.4 is 29.6 Å². The zero-order valence-electron chi connectivity index (χ0n) is 12.3. The first-order valence-electron chi connectivity index (χ1n) is 5.86. The summed E-state index contributed by atoms with van der Waals surface area (Å²) in [6, 6.07) is 14.9. The fourth-order valence-corrected chi connectivity index (χ4v) is 2.31. The molecule has 0 aliphatic heterocycles. The Labute approximate surface area is 143 Å². The van der Waals surface area contributed by atoms with Gasteiger partial charge in [0.25, 0.3) is 0 Å². The van der Waals surface area contributed by atoms with Crippen molar-refractivity contribution in [3.63, 3.8) is 0 Å². The van der Waals surface area contributed by atoms with Gasteiger partial charge in [-0.3, -0.25) is 0 Å². The van der Waals surface area contributed by atoms with Crippen molar-refractivity contribution in [1.82, 2.24) is 0 Å². The van der Waals surface area contributed by atoms with E-state index in [0.29, 0.717) is 5.56 Å². The molecule has 0 amide bonds. The maximum atomic E-state index is 10.7. The van der Waals surface area contributed by atoms with Gasteiger partial charge in [0.1, 0.15) is 10.1 Å². The summed E-state index contributed by atoms with van der Waals surface area (Å²) in [5.74, 6) is 0. The van der Waals surface area contributed by atoms with Crippen molar-refractivity contribution >= 4 is 10.1 Å². The Morgan fingerprint density at radius 2 is 1.40 bits per heavy atom. The van der Waals surface area contributed by atoms with Crippen molar-refractivity contribution in [1.29, 1.82) is 0 Å². The van der Waals surface area contributed by atoms with Crippen LogP contribution in [0.5, 0.6) is 0 Å². The minimum Gasteiger partial charge on any atom is -0.744 e. The first-order valence-corrected chi connectivity index (χ1v) is 7.27. The maximum Gasteiger partial charge on any atom is 1.00 e. The Bertz CT molecular complexity index is 637. The summed E-state index contributed by atoms with van der Waals surface area (Å²) < 4.78 is 32.0. The molecule has 2 aromatic rings. The van der Waals surface area contributed by atoms with Crippen LogP contribution in [0, 0.1) is 20.8 Å². The van der Waals surface area contributed by atoms with Gasteiger partial charge in [-0.05, 0) is 38.0 Å². The molecule has 0 spiro atoms. The first kappa shape index (κ1) is 19.4. The third-order valence-electron chi connectivity index (χ3n) is 2.76. The average Bonchev–Trinajstić information content (AvgIpc) is 2.33. The molecule has 0 saturated heterocycles. The van der Waals surface area contributed by atoms with Crippen LogP contribution in [0.4, 0.5) is 0 Å². The molecule has 0 saturated carbocycles. The third kappa shape index (κ3) is 6.20. The summed E-state index contributed by atoms with van der Waals surface area (Å²) in [6.07, 6.45) is 0. The number of hydrogen-bond donors (Lipinski definition) is 0. The van der Waals surface area contributed by atoms with E-state index in [9.17, 15) is 13.0 Å². The Morgan fingerprint density at radius 1 is 0.850 bits per heavy atom. The Balaban J connectivity index is 0.000000387. The minimum absolute atomic E-state index is 0. The van der Waals surface area contributed by atoms with Gasteiger partial charge in [0, 0.05) is 0 Å². The number of aryl methyl sites for hydroxylation is 2. The Kier molecular flexibility index (Phi) is 8.32. The zero-order chi connectivity index (χ0) is 14.5. The van der Waals surface area contributed by atoms with Crippen molar-refractivity contribution < 1.29 is 42.5 Å². The molecule has 0 radical (unpaired) electrons. The maximum absolute atomic E-state index is 10.7. The molecule has 0 N–H and O–H groups in total. The molecule has 5 heteroatoms. The SMILES string of the molecule is Cc1cccc(S(=O)(=O)[O-])c1C.Cc1ccccc1.[Na+]. The van der Waals surface area contributed by atoms with E-state index in [1.54, 1.807) is 26.0 Å². The summed E-state index contributed by atoms with van der Waals surface area (Å²) in [6.45, 7) is 5.48. The molecule has 0 aliphatic carbocycles. The Morgan fingerprint density at radius 3 is 1.75 bits per heavy atom. The monoisotopic (exact) mass is 300 g/mol. The molecule has 3 nitrogen and oxygen atoms in total. The molecular weight excluding hydrogens is 283 g/mol. The van der Waals surface area contributed by atoms with Crippen molar-refractivity contribution in [2.45, 2.75) is 25.7 Å². The van der Waals surface area contributed by atoms with Crippen LogP contribution in [0.15, 0.2) is 53.4 Å². The van der Waals surface area contributed by atoms with Crippen LogP contribution in [0.25, 0.3) is 0 Å². The fraction of sp³-hybridized carbons (Fsp3) is 0.200. The summed E-state index contributed by atoms with van der Waals surface area (Å²) >= 11 is 0. The van der Waals surface area contributed by atoms with E-state index in [1.807, 2.05) is 18.2 Å². The van der Waals surface area contributed by atoms with E-state index < -0.39 is 10.1 Å². The van der Waals surface area contributed by atoms with Crippen molar-refractivity contribution in [2.75, 3.05) is 0 Å². The van der Waals surface area contributed by atoms with Gasteiger partial charge in [-0.2, -0.15) is 0 Å². The fourth-order valence-electron chi connectivity index (χ4n) is 1.53. The second-order valence-electron chi connectivity index (χ2n) is 4.31. The van der Waals surface area contributed by atoms with Crippen LogP contribution in [-0.4, -0.2) is 13.0 Å². The zero-order valence-corrected chi connectivity index (χ0v) is 15.1. The summed E-state index contributed by atoms with van der Waals surface area (Å²) in [5, 5.41) is 0. The van der Waals surface area contributed by atoms with Crippen molar-refractivity contribution in [2.24, 2.45) is 0 Å². The Hall–Kier alpha value is -0.650. The molecule has 0 aromatic heterocycles. The van der Waals surface area contributed by atoms with E-state index in [4.69, 9.17) is 0 Å². The van der Waals surface area contributed by atoms with Gasteiger partial charge in [-0.25, -0.2) is 8.42 Å². The number of benzene rings is 2. The first-order chi connectivity index (χ1) is 8.82. The molecular formula is C15H17NaO3S. The van der Waals surface area contributed by atoms with Gasteiger partial charge in [0.05, 0.1) is 4.90 Å². The topological polar surface area (TPSA) is 57.2 Å². The van der Waals surface area contributed by atoms with E-state index in [2.05, 4.69) is 19.1 Å². The average molecular weight is 300 g/mol. The van der Waals surface area contributed by atoms with Crippen LogP contribution in [0.1, 0.15) is 16.7 Å². The molecule has 20 heavy (non-hydrogen) atoms. The standard InChI is InChI=1S/C8H10O3S.C7H8.Na/c1-6-4-3-5-8(7(6)2)12(9,10)11;1-7-5-3-2-4-6-7;/h3-5H,1-2H3,(H,9,10,11);2-6H,1H3;/q;;+1/p-1.